The Morgan fingerprint density at radius 3 is 2.07 bits per heavy atom. The van der Waals surface area contributed by atoms with Gasteiger partial charge in [0.2, 0.25) is 11.8 Å². The maximum Gasteiger partial charge on any atom is 0.326 e. The first kappa shape index (κ1) is 21.4. The minimum atomic E-state index is -0.881. The second kappa shape index (κ2) is 8.04. The number of nitrogens with one attached hydrogen (secondary N) is 1. The highest BCUT2D eigenvalue weighted by molar-refractivity contribution is 6.50. The van der Waals surface area contributed by atoms with Crippen LogP contribution in [-0.2, 0) is 23.9 Å². The van der Waals surface area contributed by atoms with E-state index < -0.39 is 36.9 Å². The first-order chi connectivity index (χ1) is 14.2. The van der Waals surface area contributed by atoms with E-state index in [1.54, 1.807) is 0 Å². The van der Waals surface area contributed by atoms with Crippen LogP contribution in [0.2, 0.25) is 20.1 Å². The fourth-order valence-electron chi connectivity index (χ4n) is 4.30. The van der Waals surface area contributed by atoms with E-state index in [9.17, 15) is 19.2 Å². The lowest BCUT2D eigenvalue weighted by Gasteiger charge is -2.16. The second-order valence-corrected chi connectivity index (χ2v) is 8.88. The molecule has 0 unspecified atom stereocenters. The molecule has 1 N–H and O–H groups in total. The maximum atomic E-state index is 12.6. The van der Waals surface area contributed by atoms with Gasteiger partial charge in [0.25, 0.3) is 5.91 Å². The third kappa shape index (κ3) is 3.58. The SMILES string of the molecule is O=C(COC(=O)CN1C(=O)[C@@H]2[C@@H](C1=O)[C@H]1C=C[C@H]2C1)Nc1c(Cl)c(Cl)cc(Cl)c1Cl. The van der Waals surface area contributed by atoms with Crippen molar-refractivity contribution in [1.29, 1.82) is 0 Å². The van der Waals surface area contributed by atoms with Crippen LogP contribution in [0.4, 0.5) is 5.69 Å². The molecule has 7 nitrogen and oxygen atoms in total. The standard InChI is InChI=1S/C19H14Cl4N2O5/c20-9-4-10(21)16(23)17(15(9)22)24-11(26)6-30-12(27)5-25-18(28)13-7-1-2-8(3-7)14(13)19(25)29/h1-2,4,7-8,13-14H,3,5-6H2,(H,24,26)/t7-,8-,13-,14-/m0/s1. The van der Waals surface area contributed by atoms with Crippen LogP contribution in [0, 0.1) is 23.7 Å². The molecular formula is C19H14Cl4N2O5. The molecule has 3 aliphatic rings. The number of rotatable bonds is 5. The summed E-state index contributed by atoms with van der Waals surface area (Å²) in [6.07, 6.45) is 4.72. The van der Waals surface area contributed by atoms with E-state index in [-0.39, 0.29) is 49.4 Å². The maximum absolute atomic E-state index is 12.6. The average molecular weight is 492 g/mol. The van der Waals surface area contributed by atoms with Crippen LogP contribution < -0.4 is 5.32 Å². The number of hydrogen-bond acceptors (Lipinski definition) is 5. The van der Waals surface area contributed by atoms with E-state index in [1.807, 2.05) is 12.2 Å². The Kier molecular flexibility index (Phi) is 5.74. The smallest absolute Gasteiger partial charge is 0.326 e. The van der Waals surface area contributed by atoms with Gasteiger partial charge in [0.15, 0.2) is 6.61 Å². The van der Waals surface area contributed by atoms with E-state index in [2.05, 4.69) is 5.32 Å². The molecule has 0 radical (unpaired) electrons. The molecule has 1 heterocycles. The fraction of sp³-hybridized carbons (Fsp3) is 0.368. The zero-order valence-electron chi connectivity index (χ0n) is 15.2. The van der Waals surface area contributed by atoms with Crippen molar-refractivity contribution < 1.29 is 23.9 Å². The summed E-state index contributed by atoms with van der Waals surface area (Å²) >= 11 is 23.8. The summed E-state index contributed by atoms with van der Waals surface area (Å²) in [5.41, 5.74) is -0.0161. The lowest BCUT2D eigenvalue weighted by atomic mass is 9.85. The number of hydrogen-bond donors (Lipinski definition) is 1. The largest absolute Gasteiger partial charge is 0.454 e. The molecule has 1 aromatic carbocycles. The van der Waals surface area contributed by atoms with Crippen molar-refractivity contribution in [2.45, 2.75) is 6.42 Å². The summed E-state index contributed by atoms with van der Waals surface area (Å²) < 4.78 is 4.90. The zero-order chi connectivity index (χ0) is 21.7. The minimum absolute atomic E-state index is 0.0161. The third-order valence-corrected chi connectivity index (χ3v) is 7.16. The van der Waals surface area contributed by atoms with E-state index >= 15 is 0 Å². The molecule has 1 saturated heterocycles. The van der Waals surface area contributed by atoms with Gasteiger partial charge in [0, 0.05) is 0 Å². The molecule has 1 saturated carbocycles. The summed E-state index contributed by atoms with van der Waals surface area (Å²) in [6, 6.07) is 1.32. The van der Waals surface area contributed by atoms with Crippen LogP contribution in [0.1, 0.15) is 6.42 Å². The Bertz CT molecular complexity index is 955. The van der Waals surface area contributed by atoms with Gasteiger partial charge in [-0.15, -0.1) is 0 Å². The number of ether oxygens (including phenoxy) is 1. The molecule has 0 aromatic heterocycles. The molecule has 4 atom stereocenters. The number of amides is 3. The summed E-state index contributed by atoms with van der Waals surface area (Å²) in [5.74, 6) is -3.08. The molecule has 11 heteroatoms. The van der Waals surface area contributed by atoms with Gasteiger partial charge in [-0.2, -0.15) is 0 Å². The highest BCUT2D eigenvalue weighted by atomic mass is 35.5. The van der Waals surface area contributed by atoms with Crippen molar-refractivity contribution in [3.05, 3.63) is 38.3 Å². The average Bonchev–Trinajstić information content (AvgIpc) is 3.38. The highest BCUT2D eigenvalue weighted by Gasteiger charge is 2.59. The third-order valence-electron chi connectivity index (χ3n) is 5.59. The Hall–Kier alpha value is -1.80. The Morgan fingerprint density at radius 2 is 1.53 bits per heavy atom. The van der Waals surface area contributed by atoms with Crippen LogP contribution in [0.15, 0.2) is 18.2 Å². The topological polar surface area (TPSA) is 92.8 Å². The van der Waals surface area contributed by atoms with Crippen LogP contribution in [0.5, 0.6) is 0 Å². The van der Waals surface area contributed by atoms with Gasteiger partial charge < -0.3 is 10.1 Å². The summed E-state index contributed by atoms with van der Waals surface area (Å²) in [7, 11) is 0. The fourth-order valence-corrected chi connectivity index (χ4v) is 5.20. The van der Waals surface area contributed by atoms with Crippen molar-refractivity contribution in [2.75, 3.05) is 18.5 Å². The minimum Gasteiger partial charge on any atom is -0.454 e. The molecule has 158 valence electrons. The number of benzene rings is 1. The Labute approximate surface area is 191 Å². The van der Waals surface area contributed by atoms with E-state index in [0.717, 1.165) is 11.3 Å². The molecule has 2 aliphatic carbocycles. The van der Waals surface area contributed by atoms with Gasteiger partial charge in [-0.25, -0.2) is 0 Å². The molecule has 4 rings (SSSR count). The monoisotopic (exact) mass is 490 g/mol. The quantitative estimate of drug-likeness (QED) is 0.294. The van der Waals surface area contributed by atoms with Gasteiger partial charge in [0.1, 0.15) is 6.54 Å². The molecule has 1 aromatic rings. The van der Waals surface area contributed by atoms with Crippen molar-refractivity contribution >= 4 is 75.8 Å². The number of anilines is 1. The van der Waals surface area contributed by atoms with Crippen LogP contribution >= 0.6 is 46.4 Å². The number of imide groups is 1. The summed E-state index contributed by atoms with van der Waals surface area (Å²) in [5, 5.41) is 2.50. The summed E-state index contributed by atoms with van der Waals surface area (Å²) in [4.78, 5) is 50.3. The molecular weight excluding hydrogens is 478 g/mol. The van der Waals surface area contributed by atoms with Crippen LogP contribution in [-0.4, -0.2) is 41.7 Å². The van der Waals surface area contributed by atoms with E-state index in [1.165, 1.54) is 6.07 Å². The molecule has 1 aliphatic heterocycles. The number of carbonyl (C=O) groups is 4. The van der Waals surface area contributed by atoms with Gasteiger partial charge in [-0.05, 0) is 24.3 Å². The van der Waals surface area contributed by atoms with E-state index in [4.69, 9.17) is 51.1 Å². The predicted molar refractivity (Wildman–Crippen MR) is 111 cm³/mol. The second-order valence-electron chi connectivity index (χ2n) is 7.31. The van der Waals surface area contributed by atoms with Gasteiger partial charge in [-0.1, -0.05) is 58.6 Å². The highest BCUT2D eigenvalue weighted by Crippen LogP contribution is 2.52. The van der Waals surface area contributed by atoms with Crippen LogP contribution in [0.25, 0.3) is 0 Å². The first-order valence-electron chi connectivity index (χ1n) is 9.01. The van der Waals surface area contributed by atoms with Gasteiger partial charge in [-0.3, -0.25) is 24.1 Å². The van der Waals surface area contributed by atoms with Crippen molar-refractivity contribution in [3.63, 3.8) is 0 Å². The van der Waals surface area contributed by atoms with Crippen LogP contribution in [0.3, 0.4) is 0 Å². The number of likely N-dealkylation sites (tertiary alicyclic amines) is 1. The van der Waals surface area contributed by atoms with E-state index in [0.29, 0.717) is 0 Å². The van der Waals surface area contributed by atoms with Crippen molar-refractivity contribution in [3.8, 4) is 0 Å². The van der Waals surface area contributed by atoms with Crippen molar-refractivity contribution in [1.82, 2.24) is 4.90 Å². The number of carbonyl (C=O) groups excluding carboxylic acids is 4. The number of fused-ring (bicyclic) bond motifs is 5. The Morgan fingerprint density at radius 1 is 1.00 bits per heavy atom. The number of allylic oxidation sites excluding steroid dienone is 2. The molecule has 2 fully saturated rings. The van der Waals surface area contributed by atoms with Gasteiger partial charge in [0.05, 0.1) is 37.6 Å². The summed E-state index contributed by atoms with van der Waals surface area (Å²) in [6.45, 7) is -1.21. The number of halogens is 4. The van der Waals surface area contributed by atoms with Gasteiger partial charge >= 0.3 is 5.97 Å². The normalized spacial score (nSPS) is 26.3. The lowest BCUT2D eigenvalue weighted by Crippen LogP contribution is -2.38. The number of esters is 1. The predicted octanol–water partition coefficient (Wildman–Crippen LogP) is 3.59. The molecule has 2 bridgehead atoms. The first-order valence-corrected chi connectivity index (χ1v) is 10.5. The molecule has 3 amide bonds. The lowest BCUT2D eigenvalue weighted by molar-refractivity contribution is -0.154. The molecule has 0 spiro atoms. The number of nitrogens with zero attached hydrogens (tertiary/aromatic N) is 1. The Balaban J connectivity index is 1.33. The van der Waals surface area contributed by atoms with Crippen molar-refractivity contribution in [2.24, 2.45) is 23.7 Å². The zero-order valence-corrected chi connectivity index (χ0v) is 18.2. The molecule has 30 heavy (non-hydrogen) atoms.